The standard InChI is InChI=1S/C28H38N4O2/c1-19(2)32-26(15-16-29-32)28(34)31-17-22-9-6-10-24(25(22)18-31)27(33)30-23-13-11-21(12-14-23)20-7-4-3-5-8-20/h11-16,19-20,22,24-25H,3-10,17-18H2,1-2H3,(H,30,33)/t22-,24-,25+/m1/s1. The molecule has 1 aromatic carbocycles. The lowest BCUT2D eigenvalue weighted by atomic mass is 9.73. The highest BCUT2D eigenvalue weighted by Crippen LogP contribution is 2.41. The van der Waals surface area contributed by atoms with Crippen molar-refractivity contribution in [2.45, 2.75) is 77.2 Å². The molecule has 34 heavy (non-hydrogen) atoms. The summed E-state index contributed by atoms with van der Waals surface area (Å²) in [6.07, 6.45) is 11.3. The minimum absolute atomic E-state index is 0.0374. The third-order valence-electron chi connectivity index (χ3n) is 8.36. The van der Waals surface area contributed by atoms with Crippen LogP contribution in [-0.4, -0.2) is 39.6 Å². The molecule has 3 atom stereocenters. The van der Waals surface area contributed by atoms with Gasteiger partial charge in [-0.2, -0.15) is 5.10 Å². The largest absolute Gasteiger partial charge is 0.337 e. The van der Waals surface area contributed by atoms with Crippen LogP contribution in [0.15, 0.2) is 36.5 Å². The highest BCUT2D eigenvalue weighted by Gasteiger charge is 2.45. The van der Waals surface area contributed by atoms with Crippen LogP contribution < -0.4 is 5.32 Å². The fraction of sp³-hybridized carbons (Fsp3) is 0.607. The number of hydrogen-bond donors (Lipinski definition) is 1. The Balaban J connectivity index is 1.23. The maximum Gasteiger partial charge on any atom is 0.272 e. The predicted molar refractivity (Wildman–Crippen MR) is 134 cm³/mol. The molecule has 1 aliphatic heterocycles. The molecule has 2 amide bonds. The quantitative estimate of drug-likeness (QED) is 0.625. The zero-order chi connectivity index (χ0) is 23.7. The molecule has 6 nitrogen and oxygen atoms in total. The number of benzene rings is 1. The second-order valence-corrected chi connectivity index (χ2v) is 10.9. The molecule has 3 aliphatic rings. The van der Waals surface area contributed by atoms with Gasteiger partial charge in [0.05, 0.1) is 0 Å². The third kappa shape index (κ3) is 4.64. The number of aromatic nitrogens is 2. The molecule has 1 saturated heterocycles. The molecule has 6 heteroatoms. The van der Waals surface area contributed by atoms with Crippen molar-refractivity contribution in [1.82, 2.24) is 14.7 Å². The number of fused-ring (bicyclic) bond motifs is 1. The molecule has 0 spiro atoms. The molecule has 5 rings (SSSR count). The second kappa shape index (κ2) is 9.93. The number of carbonyl (C=O) groups is 2. The van der Waals surface area contributed by atoms with E-state index in [0.29, 0.717) is 24.1 Å². The predicted octanol–water partition coefficient (Wildman–Crippen LogP) is 5.64. The third-order valence-corrected chi connectivity index (χ3v) is 8.36. The molecule has 0 bridgehead atoms. The van der Waals surface area contributed by atoms with Gasteiger partial charge in [-0.3, -0.25) is 14.3 Å². The van der Waals surface area contributed by atoms with E-state index < -0.39 is 0 Å². The molecule has 1 aromatic heterocycles. The van der Waals surface area contributed by atoms with Crippen molar-refractivity contribution < 1.29 is 9.59 Å². The Kier molecular flexibility index (Phi) is 6.75. The van der Waals surface area contributed by atoms with E-state index in [9.17, 15) is 9.59 Å². The Labute approximate surface area is 203 Å². The van der Waals surface area contributed by atoms with E-state index in [0.717, 1.165) is 31.5 Å². The molecule has 0 unspecified atom stereocenters. The minimum atomic E-state index is -0.0374. The van der Waals surface area contributed by atoms with Gasteiger partial charge in [-0.25, -0.2) is 0 Å². The lowest BCUT2D eigenvalue weighted by Crippen LogP contribution is -2.36. The van der Waals surface area contributed by atoms with E-state index in [-0.39, 0.29) is 29.7 Å². The first kappa shape index (κ1) is 23.1. The fourth-order valence-electron chi connectivity index (χ4n) is 6.53. The highest BCUT2D eigenvalue weighted by molar-refractivity contribution is 5.94. The van der Waals surface area contributed by atoms with Crippen molar-refractivity contribution in [3.63, 3.8) is 0 Å². The number of nitrogens with one attached hydrogen (secondary N) is 1. The van der Waals surface area contributed by atoms with E-state index in [1.807, 2.05) is 24.8 Å². The van der Waals surface area contributed by atoms with E-state index in [1.165, 1.54) is 37.7 Å². The SMILES string of the molecule is CC(C)n1nccc1C(=O)N1C[C@H]2CCC[C@@H](C(=O)Nc3ccc(C4CCCCC4)cc3)[C@H]2C1. The first-order chi connectivity index (χ1) is 16.5. The molecule has 2 saturated carbocycles. The average molecular weight is 463 g/mol. The molecule has 1 N–H and O–H groups in total. The maximum atomic E-state index is 13.3. The second-order valence-electron chi connectivity index (χ2n) is 10.9. The molecule has 3 fully saturated rings. The van der Waals surface area contributed by atoms with Gasteiger partial charge in [0.2, 0.25) is 5.91 Å². The van der Waals surface area contributed by atoms with Crippen LogP contribution in [0.4, 0.5) is 5.69 Å². The molecular formula is C28H38N4O2. The van der Waals surface area contributed by atoms with Gasteiger partial charge >= 0.3 is 0 Å². The van der Waals surface area contributed by atoms with Crippen LogP contribution in [0.3, 0.4) is 0 Å². The smallest absolute Gasteiger partial charge is 0.272 e. The number of carbonyl (C=O) groups excluding carboxylic acids is 2. The number of hydrogen-bond acceptors (Lipinski definition) is 3. The van der Waals surface area contributed by atoms with Gasteiger partial charge in [-0.1, -0.05) is 37.8 Å². The van der Waals surface area contributed by atoms with Crippen LogP contribution in [-0.2, 0) is 4.79 Å². The number of rotatable bonds is 5. The topological polar surface area (TPSA) is 67.2 Å². The first-order valence-corrected chi connectivity index (χ1v) is 13.2. The zero-order valence-electron chi connectivity index (χ0n) is 20.6. The molecular weight excluding hydrogens is 424 g/mol. The van der Waals surface area contributed by atoms with Gasteiger partial charge in [0.1, 0.15) is 5.69 Å². The average Bonchev–Trinajstić information content (AvgIpc) is 3.52. The van der Waals surface area contributed by atoms with Crippen molar-refractivity contribution in [1.29, 1.82) is 0 Å². The van der Waals surface area contributed by atoms with Crippen molar-refractivity contribution >= 4 is 17.5 Å². The van der Waals surface area contributed by atoms with Crippen LogP contribution in [0.25, 0.3) is 0 Å². The van der Waals surface area contributed by atoms with E-state index >= 15 is 0 Å². The van der Waals surface area contributed by atoms with Crippen LogP contribution in [0, 0.1) is 17.8 Å². The molecule has 2 heterocycles. The fourth-order valence-corrected chi connectivity index (χ4v) is 6.53. The van der Waals surface area contributed by atoms with Gasteiger partial charge in [0.25, 0.3) is 5.91 Å². The van der Waals surface area contributed by atoms with Crippen LogP contribution >= 0.6 is 0 Å². The molecule has 2 aliphatic carbocycles. The number of likely N-dealkylation sites (tertiary alicyclic amines) is 1. The zero-order valence-corrected chi connectivity index (χ0v) is 20.6. The van der Waals surface area contributed by atoms with Crippen molar-refractivity contribution in [3.05, 3.63) is 47.8 Å². The monoisotopic (exact) mass is 462 g/mol. The number of anilines is 1. The Morgan fingerprint density at radius 2 is 1.71 bits per heavy atom. The lowest BCUT2D eigenvalue weighted by molar-refractivity contribution is -0.122. The van der Waals surface area contributed by atoms with Crippen molar-refractivity contribution in [3.8, 4) is 0 Å². The number of nitrogens with zero attached hydrogens (tertiary/aromatic N) is 3. The summed E-state index contributed by atoms with van der Waals surface area (Å²) in [7, 11) is 0. The summed E-state index contributed by atoms with van der Waals surface area (Å²) in [6.45, 7) is 5.48. The molecule has 0 radical (unpaired) electrons. The van der Waals surface area contributed by atoms with Crippen LogP contribution in [0.2, 0.25) is 0 Å². The van der Waals surface area contributed by atoms with Crippen molar-refractivity contribution in [2.75, 3.05) is 18.4 Å². The summed E-state index contributed by atoms with van der Waals surface area (Å²) >= 11 is 0. The molecule has 182 valence electrons. The van der Waals surface area contributed by atoms with Gasteiger partial charge in [-0.15, -0.1) is 0 Å². The highest BCUT2D eigenvalue weighted by atomic mass is 16.2. The van der Waals surface area contributed by atoms with Gasteiger partial charge in [0, 0.05) is 36.9 Å². The van der Waals surface area contributed by atoms with E-state index in [4.69, 9.17) is 0 Å². The van der Waals surface area contributed by atoms with Gasteiger partial charge in [0.15, 0.2) is 0 Å². The first-order valence-electron chi connectivity index (χ1n) is 13.2. The summed E-state index contributed by atoms with van der Waals surface area (Å²) in [5, 5.41) is 7.52. The Morgan fingerprint density at radius 3 is 2.44 bits per heavy atom. The van der Waals surface area contributed by atoms with E-state index in [2.05, 4.69) is 34.7 Å². The summed E-state index contributed by atoms with van der Waals surface area (Å²) in [5.41, 5.74) is 2.94. The summed E-state index contributed by atoms with van der Waals surface area (Å²) in [6, 6.07) is 10.5. The van der Waals surface area contributed by atoms with Crippen LogP contribution in [0.1, 0.15) is 93.2 Å². The van der Waals surface area contributed by atoms with Crippen molar-refractivity contribution in [2.24, 2.45) is 17.8 Å². The Bertz CT molecular complexity index is 1010. The minimum Gasteiger partial charge on any atom is -0.337 e. The van der Waals surface area contributed by atoms with Gasteiger partial charge in [-0.05, 0) is 81.0 Å². The van der Waals surface area contributed by atoms with Gasteiger partial charge < -0.3 is 10.2 Å². The summed E-state index contributed by atoms with van der Waals surface area (Å²) < 4.78 is 1.80. The van der Waals surface area contributed by atoms with E-state index in [1.54, 1.807) is 10.9 Å². The number of amides is 2. The Hall–Kier alpha value is -2.63. The molecule has 2 aromatic rings. The lowest BCUT2D eigenvalue weighted by Gasteiger charge is -2.31. The Morgan fingerprint density at radius 1 is 0.941 bits per heavy atom. The summed E-state index contributed by atoms with van der Waals surface area (Å²) in [4.78, 5) is 28.5. The normalized spacial score (nSPS) is 25.4. The van der Waals surface area contributed by atoms with Crippen LogP contribution in [0.5, 0.6) is 0 Å². The summed E-state index contributed by atoms with van der Waals surface area (Å²) in [5.74, 6) is 1.42. The maximum absolute atomic E-state index is 13.3.